The number of methoxy groups -OCH3 is 2. The Balaban J connectivity index is 1.80. The van der Waals surface area contributed by atoms with Crippen LogP contribution in [0, 0.1) is 0 Å². The van der Waals surface area contributed by atoms with Crippen molar-refractivity contribution in [3.63, 3.8) is 0 Å². The summed E-state index contributed by atoms with van der Waals surface area (Å²) in [7, 11) is -0.798. The molecule has 1 N–H and O–H groups in total. The fourth-order valence-electron chi connectivity index (χ4n) is 3.73. The molecule has 0 fully saturated rings. The molecule has 0 aliphatic carbocycles. The highest BCUT2D eigenvalue weighted by atomic mass is 35.5. The molecule has 35 heavy (non-hydrogen) atoms. The molecule has 1 heterocycles. The Morgan fingerprint density at radius 2 is 1.71 bits per heavy atom. The monoisotopic (exact) mass is 513 g/mol. The summed E-state index contributed by atoms with van der Waals surface area (Å²) in [6.07, 6.45) is 0. The standard InChI is InChI=1S/C25H24ClN3O5S/c1-16(28-35(31,32)21-11-4-17(5-12-21)15-33-2)24-27-23-14-18(26)6-13-22(23)25(30)29(24)19-7-9-20(34-3)10-8-19/h4-14,16,28H,15H2,1-3H3. The normalized spacial score (nSPS) is 12.6. The minimum atomic E-state index is -3.92. The second-order valence-electron chi connectivity index (χ2n) is 7.89. The van der Waals surface area contributed by atoms with Crippen molar-refractivity contribution < 1.29 is 17.9 Å². The molecule has 0 saturated heterocycles. The van der Waals surface area contributed by atoms with Gasteiger partial charge in [-0.1, -0.05) is 23.7 Å². The predicted molar refractivity (Wildman–Crippen MR) is 135 cm³/mol. The molecule has 0 radical (unpaired) electrons. The third kappa shape index (κ3) is 5.23. The predicted octanol–water partition coefficient (Wildman–Crippen LogP) is 4.23. The van der Waals surface area contributed by atoms with E-state index in [-0.39, 0.29) is 16.3 Å². The van der Waals surface area contributed by atoms with E-state index in [0.29, 0.717) is 34.0 Å². The van der Waals surface area contributed by atoms with Gasteiger partial charge in [0.1, 0.15) is 11.6 Å². The first kappa shape index (κ1) is 24.9. The number of aromatic nitrogens is 2. The van der Waals surface area contributed by atoms with Crippen LogP contribution in [0.15, 0.2) is 76.4 Å². The summed E-state index contributed by atoms with van der Waals surface area (Å²) in [5.74, 6) is 0.837. The zero-order chi connectivity index (χ0) is 25.2. The van der Waals surface area contributed by atoms with E-state index in [4.69, 9.17) is 21.1 Å². The lowest BCUT2D eigenvalue weighted by atomic mass is 10.2. The number of nitrogens with one attached hydrogen (secondary N) is 1. The van der Waals surface area contributed by atoms with Crippen LogP contribution in [0.5, 0.6) is 5.75 Å². The average molecular weight is 514 g/mol. The summed E-state index contributed by atoms with van der Waals surface area (Å²) in [5.41, 5.74) is 1.39. The van der Waals surface area contributed by atoms with E-state index >= 15 is 0 Å². The van der Waals surface area contributed by atoms with Crippen LogP contribution in [-0.4, -0.2) is 32.2 Å². The highest BCUT2D eigenvalue weighted by Gasteiger charge is 2.24. The lowest BCUT2D eigenvalue weighted by Crippen LogP contribution is -2.33. The number of halogens is 1. The Morgan fingerprint density at radius 1 is 1.03 bits per heavy atom. The number of nitrogens with zero attached hydrogens (tertiary/aromatic N) is 2. The van der Waals surface area contributed by atoms with Gasteiger partial charge in [0.25, 0.3) is 5.56 Å². The number of sulfonamides is 1. The highest BCUT2D eigenvalue weighted by molar-refractivity contribution is 7.89. The first-order valence-electron chi connectivity index (χ1n) is 10.7. The van der Waals surface area contributed by atoms with Crippen molar-refractivity contribution in [2.75, 3.05) is 14.2 Å². The van der Waals surface area contributed by atoms with Gasteiger partial charge in [-0.05, 0) is 67.1 Å². The number of fused-ring (bicyclic) bond motifs is 1. The van der Waals surface area contributed by atoms with Crippen LogP contribution < -0.4 is 15.0 Å². The van der Waals surface area contributed by atoms with Gasteiger partial charge in [0, 0.05) is 12.1 Å². The van der Waals surface area contributed by atoms with Crippen LogP contribution in [0.2, 0.25) is 5.02 Å². The molecule has 0 amide bonds. The van der Waals surface area contributed by atoms with Gasteiger partial charge in [-0.25, -0.2) is 18.1 Å². The Hall–Kier alpha value is -3.24. The summed E-state index contributed by atoms with van der Waals surface area (Å²) in [6.45, 7) is 2.01. The topological polar surface area (TPSA) is 99.5 Å². The van der Waals surface area contributed by atoms with Gasteiger partial charge in [0.2, 0.25) is 10.0 Å². The Labute approximate surface area is 208 Å². The first-order valence-corrected chi connectivity index (χ1v) is 12.6. The summed E-state index contributed by atoms with van der Waals surface area (Å²) < 4.78 is 40.6. The molecule has 0 aliphatic rings. The molecule has 8 nitrogen and oxygen atoms in total. The SMILES string of the molecule is COCc1ccc(S(=O)(=O)NC(C)c2nc3cc(Cl)ccc3c(=O)n2-c2ccc(OC)cc2)cc1. The maximum absolute atomic E-state index is 13.5. The molecule has 1 atom stereocenters. The van der Waals surface area contributed by atoms with Gasteiger partial charge in [-0.2, -0.15) is 0 Å². The molecule has 3 aromatic carbocycles. The zero-order valence-corrected chi connectivity index (χ0v) is 20.9. The smallest absolute Gasteiger partial charge is 0.266 e. The quantitative estimate of drug-likeness (QED) is 0.378. The lowest BCUT2D eigenvalue weighted by Gasteiger charge is -2.20. The van der Waals surface area contributed by atoms with E-state index in [1.54, 1.807) is 75.7 Å². The van der Waals surface area contributed by atoms with Crippen LogP contribution >= 0.6 is 11.6 Å². The molecular formula is C25H24ClN3O5S. The molecule has 0 spiro atoms. The highest BCUT2D eigenvalue weighted by Crippen LogP contribution is 2.23. The van der Waals surface area contributed by atoms with Crippen molar-refractivity contribution in [1.82, 2.24) is 14.3 Å². The summed E-state index contributed by atoms with van der Waals surface area (Å²) in [5, 5.41) is 0.777. The molecule has 182 valence electrons. The molecule has 1 aromatic heterocycles. The maximum atomic E-state index is 13.5. The van der Waals surface area contributed by atoms with Crippen LogP contribution in [0.25, 0.3) is 16.6 Å². The fraction of sp³-hybridized carbons (Fsp3) is 0.200. The van der Waals surface area contributed by atoms with Crippen LogP contribution in [0.4, 0.5) is 0 Å². The maximum Gasteiger partial charge on any atom is 0.266 e. The van der Waals surface area contributed by atoms with Crippen molar-refractivity contribution in [2.24, 2.45) is 0 Å². The number of hydrogen-bond donors (Lipinski definition) is 1. The van der Waals surface area contributed by atoms with Crippen molar-refractivity contribution >= 4 is 32.5 Å². The second kappa shape index (κ2) is 10.2. The molecule has 1 unspecified atom stereocenters. The van der Waals surface area contributed by atoms with E-state index in [1.807, 2.05) is 0 Å². The minimum Gasteiger partial charge on any atom is -0.497 e. The Morgan fingerprint density at radius 3 is 2.34 bits per heavy atom. The number of ether oxygens (including phenoxy) is 2. The molecule has 0 saturated carbocycles. The molecule has 4 aromatic rings. The van der Waals surface area contributed by atoms with Crippen LogP contribution in [0.1, 0.15) is 24.4 Å². The van der Waals surface area contributed by atoms with Crippen LogP contribution in [-0.2, 0) is 21.4 Å². The van der Waals surface area contributed by atoms with E-state index in [0.717, 1.165) is 5.56 Å². The third-order valence-corrected chi connectivity index (χ3v) is 7.24. The van der Waals surface area contributed by atoms with Gasteiger partial charge in [0.05, 0.1) is 41.2 Å². The van der Waals surface area contributed by atoms with Gasteiger partial charge >= 0.3 is 0 Å². The molecule has 4 rings (SSSR count). The summed E-state index contributed by atoms with van der Waals surface area (Å²) in [6, 6.07) is 17.2. The zero-order valence-electron chi connectivity index (χ0n) is 19.4. The number of hydrogen-bond acceptors (Lipinski definition) is 6. The number of benzene rings is 3. The third-order valence-electron chi connectivity index (χ3n) is 5.45. The second-order valence-corrected chi connectivity index (χ2v) is 10.0. The number of rotatable bonds is 8. The van der Waals surface area contributed by atoms with E-state index in [2.05, 4.69) is 9.71 Å². The summed E-state index contributed by atoms with van der Waals surface area (Å²) in [4.78, 5) is 18.2. The Bertz CT molecular complexity index is 1520. The van der Waals surface area contributed by atoms with Gasteiger partial charge in [-0.15, -0.1) is 0 Å². The summed E-state index contributed by atoms with van der Waals surface area (Å²) >= 11 is 6.13. The van der Waals surface area contributed by atoms with Crippen molar-refractivity contribution in [1.29, 1.82) is 0 Å². The largest absolute Gasteiger partial charge is 0.497 e. The van der Waals surface area contributed by atoms with Crippen molar-refractivity contribution in [2.45, 2.75) is 24.5 Å². The van der Waals surface area contributed by atoms with E-state index in [1.165, 1.54) is 16.7 Å². The lowest BCUT2D eigenvalue weighted by molar-refractivity contribution is 0.185. The van der Waals surface area contributed by atoms with Crippen molar-refractivity contribution in [3.8, 4) is 11.4 Å². The Kier molecular flexibility index (Phi) is 7.23. The van der Waals surface area contributed by atoms with Crippen LogP contribution in [0.3, 0.4) is 0 Å². The molecule has 0 bridgehead atoms. The average Bonchev–Trinajstić information content (AvgIpc) is 2.84. The van der Waals surface area contributed by atoms with Gasteiger partial charge < -0.3 is 9.47 Å². The van der Waals surface area contributed by atoms with Gasteiger partial charge in [-0.3, -0.25) is 9.36 Å². The van der Waals surface area contributed by atoms with Crippen molar-refractivity contribution in [3.05, 3.63) is 93.5 Å². The van der Waals surface area contributed by atoms with E-state index < -0.39 is 16.1 Å². The van der Waals surface area contributed by atoms with Gasteiger partial charge in [0.15, 0.2) is 0 Å². The molecule has 0 aliphatic heterocycles. The fourth-order valence-corrected chi connectivity index (χ4v) is 5.10. The minimum absolute atomic E-state index is 0.0892. The van der Waals surface area contributed by atoms with E-state index in [9.17, 15) is 13.2 Å². The molecular weight excluding hydrogens is 490 g/mol. The first-order chi connectivity index (χ1) is 16.7. The molecule has 10 heteroatoms.